The fraction of sp³-hybridized carbons (Fsp3) is 0.571. The second kappa shape index (κ2) is 6.14. The van der Waals surface area contributed by atoms with Crippen molar-refractivity contribution in [1.82, 2.24) is 5.32 Å². The lowest BCUT2D eigenvalue weighted by Crippen LogP contribution is -2.31. The largest absolute Gasteiger partial charge is 0.506 e. The van der Waals surface area contributed by atoms with E-state index in [9.17, 15) is 5.11 Å². The molecule has 1 aromatic carbocycles. The van der Waals surface area contributed by atoms with E-state index in [-0.39, 0.29) is 5.75 Å². The van der Waals surface area contributed by atoms with Crippen molar-refractivity contribution < 1.29 is 5.11 Å². The fourth-order valence-electron chi connectivity index (χ4n) is 2.65. The van der Waals surface area contributed by atoms with E-state index in [4.69, 9.17) is 23.2 Å². The van der Waals surface area contributed by atoms with E-state index in [2.05, 4.69) is 12.2 Å². The third-order valence-electron chi connectivity index (χ3n) is 3.83. The maximum absolute atomic E-state index is 9.87. The Morgan fingerprint density at radius 1 is 1.33 bits per heavy atom. The van der Waals surface area contributed by atoms with Crippen LogP contribution in [0.1, 0.15) is 38.2 Å². The number of hydrogen-bond acceptors (Lipinski definition) is 2. The predicted octanol–water partition coefficient (Wildman–Crippen LogP) is 4.37. The average molecular weight is 288 g/mol. The number of halogens is 2. The van der Waals surface area contributed by atoms with Crippen LogP contribution in [0.2, 0.25) is 10.0 Å². The maximum Gasteiger partial charge on any atom is 0.138 e. The van der Waals surface area contributed by atoms with Gasteiger partial charge in [0.1, 0.15) is 5.75 Å². The van der Waals surface area contributed by atoms with Gasteiger partial charge in [0.25, 0.3) is 0 Å². The van der Waals surface area contributed by atoms with Gasteiger partial charge < -0.3 is 10.4 Å². The normalized spacial score (nSPS) is 18.2. The molecule has 1 saturated carbocycles. The average Bonchev–Trinajstić information content (AvgIpc) is 2.85. The number of aromatic hydroxyl groups is 1. The molecular weight excluding hydrogens is 269 g/mol. The van der Waals surface area contributed by atoms with Crippen LogP contribution in [0.3, 0.4) is 0 Å². The minimum atomic E-state index is 0.132. The first-order chi connectivity index (χ1) is 8.58. The summed E-state index contributed by atoms with van der Waals surface area (Å²) in [5.41, 5.74) is 0.761. The van der Waals surface area contributed by atoms with Crippen LogP contribution in [-0.4, -0.2) is 11.1 Å². The molecule has 1 atom stereocenters. The van der Waals surface area contributed by atoms with Gasteiger partial charge in [0.05, 0.1) is 5.02 Å². The van der Waals surface area contributed by atoms with E-state index in [1.165, 1.54) is 25.7 Å². The van der Waals surface area contributed by atoms with Gasteiger partial charge in [-0.3, -0.25) is 0 Å². The number of phenols is 1. The zero-order valence-corrected chi connectivity index (χ0v) is 12.1. The standard InChI is InChI=1S/C14H19Cl2NO/c1-9(10-4-2-3-5-10)17-8-11-6-12(15)7-13(16)14(11)18/h6-7,9-10,17-18H,2-5,8H2,1H3/t9-/m0/s1. The Hall–Kier alpha value is -0.440. The zero-order valence-electron chi connectivity index (χ0n) is 10.5. The molecular formula is C14H19Cl2NO. The second-order valence-electron chi connectivity index (χ2n) is 5.11. The minimum Gasteiger partial charge on any atom is -0.506 e. The Labute approximate surface area is 118 Å². The summed E-state index contributed by atoms with van der Waals surface area (Å²) in [5.74, 6) is 0.883. The lowest BCUT2D eigenvalue weighted by atomic mass is 9.99. The van der Waals surface area contributed by atoms with Crippen LogP contribution in [0.4, 0.5) is 0 Å². The molecule has 1 aliphatic carbocycles. The van der Waals surface area contributed by atoms with Crippen molar-refractivity contribution in [3.05, 3.63) is 27.7 Å². The van der Waals surface area contributed by atoms with Gasteiger partial charge in [-0.15, -0.1) is 0 Å². The molecule has 1 fully saturated rings. The van der Waals surface area contributed by atoms with Gasteiger partial charge >= 0.3 is 0 Å². The Morgan fingerprint density at radius 2 is 2.00 bits per heavy atom. The molecule has 0 radical (unpaired) electrons. The minimum absolute atomic E-state index is 0.132. The first-order valence-electron chi connectivity index (χ1n) is 6.48. The van der Waals surface area contributed by atoms with Gasteiger partial charge in [-0.05, 0) is 37.8 Å². The maximum atomic E-state index is 9.87. The molecule has 18 heavy (non-hydrogen) atoms. The van der Waals surface area contributed by atoms with E-state index >= 15 is 0 Å². The van der Waals surface area contributed by atoms with Crippen molar-refractivity contribution in [3.63, 3.8) is 0 Å². The van der Waals surface area contributed by atoms with E-state index < -0.39 is 0 Å². The van der Waals surface area contributed by atoms with Gasteiger partial charge in [0.15, 0.2) is 0 Å². The van der Waals surface area contributed by atoms with E-state index in [1.807, 2.05) is 0 Å². The highest BCUT2D eigenvalue weighted by molar-refractivity contribution is 6.35. The first-order valence-corrected chi connectivity index (χ1v) is 7.24. The summed E-state index contributed by atoms with van der Waals surface area (Å²) < 4.78 is 0. The number of nitrogens with one attached hydrogen (secondary N) is 1. The molecule has 0 unspecified atom stereocenters. The summed E-state index contributed by atoms with van der Waals surface area (Å²) in [4.78, 5) is 0. The third-order valence-corrected chi connectivity index (χ3v) is 4.33. The molecule has 2 nitrogen and oxygen atoms in total. The number of rotatable bonds is 4. The van der Waals surface area contributed by atoms with Gasteiger partial charge in [0.2, 0.25) is 0 Å². The molecule has 0 aliphatic heterocycles. The molecule has 2 N–H and O–H groups in total. The molecule has 2 rings (SSSR count). The number of benzene rings is 1. The Bertz CT molecular complexity index is 417. The fourth-order valence-corrected chi connectivity index (χ4v) is 3.18. The van der Waals surface area contributed by atoms with E-state index in [1.54, 1.807) is 12.1 Å². The lowest BCUT2D eigenvalue weighted by molar-refractivity contribution is 0.376. The smallest absolute Gasteiger partial charge is 0.138 e. The highest BCUT2D eigenvalue weighted by Gasteiger charge is 2.21. The van der Waals surface area contributed by atoms with Crippen LogP contribution < -0.4 is 5.32 Å². The second-order valence-corrected chi connectivity index (χ2v) is 5.95. The highest BCUT2D eigenvalue weighted by Crippen LogP contribution is 2.32. The van der Waals surface area contributed by atoms with Gasteiger partial charge in [-0.2, -0.15) is 0 Å². The van der Waals surface area contributed by atoms with E-state index in [0.717, 1.165) is 11.5 Å². The van der Waals surface area contributed by atoms with E-state index in [0.29, 0.717) is 22.6 Å². The Kier molecular flexibility index (Phi) is 4.77. The quantitative estimate of drug-likeness (QED) is 0.862. The summed E-state index contributed by atoms with van der Waals surface area (Å²) >= 11 is 11.8. The van der Waals surface area contributed by atoms with Crippen molar-refractivity contribution in [2.75, 3.05) is 0 Å². The summed E-state index contributed by atoms with van der Waals surface area (Å²) in [6.07, 6.45) is 5.28. The van der Waals surface area contributed by atoms with Crippen LogP contribution in [-0.2, 0) is 6.54 Å². The summed E-state index contributed by atoms with van der Waals surface area (Å²) in [6, 6.07) is 3.78. The van der Waals surface area contributed by atoms with Crippen molar-refractivity contribution in [1.29, 1.82) is 0 Å². The first kappa shape index (κ1) is 14.0. The number of phenolic OH excluding ortho intramolecular Hbond substituents is 1. The van der Waals surface area contributed by atoms with Crippen molar-refractivity contribution in [2.45, 2.75) is 45.2 Å². The topological polar surface area (TPSA) is 32.3 Å². The summed E-state index contributed by atoms with van der Waals surface area (Å²) in [5, 5.41) is 14.2. The molecule has 0 heterocycles. The Balaban J connectivity index is 1.97. The predicted molar refractivity (Wildman–Crippen MR) is 76.4 cm³/mol. The highest BCUT2D eigenvalue weighted by atomic mass is 35.5. The van der Waals surface area contributed by atoms with Gasteiger partial charge in [-0.25, -0.2) is 0 Å². The zero-order chi connectivity index (χ0) is 13.1. The van der Waals surface area contributed by atoms with Gasteiger partial charge in [0, 0.05) is 23.2 Å². The molecule has 1 aromatic rings. The van der Waals surface area contributed by atoms with Crippen molar-refractivity contribution in [3.8, 4) is 5.75 Å². The van der Waals surface area contributed by atoms with Crippen molar-refractivity contribution >= 4 is 23.2 Å². The van der Waals surface area contributed by atoms with Crippen LogP contribution in [0.5, 0.6) is 5.75 Å². The molecule has 0 bridgehead atoms. The lowest BCUT2D eigenvalue weighted by Gasteiger charge is -2.21. The summed E-state index contributed by atoms with van der Waals surface area (Å²) in [6.45, 7) is 2.81. The number of hydrogen-bond donors (Lipinski definition) is 2. The molecule has 4 heteroatoms. The molecule has 0 amide bonds. The third kappa shape index (κ3) is 3.31. The van der Waals surface area contributed by atoms with Crippen LogP contribution >= 0.6 is 23.2 Å². The van der Waals surface area contributed by atoms with Crippen LogP contribution in [0, 0.1) is 5.92 Å². The summed E-state index contributed by atoms with van der Waals surface area (Å²) in [7, 11) is 0. The molecule has 100 valence electrons. The monoisotopic (exact) mass is 287 g/mol. The van der Waals surface area contributed by atoms with Gasteiger partial charge in [-0.1, -0.05) is 36.0 Å². The molecule has 0 saturated heterocycles. The van der Waals surface area contributed by atoms with Crippen LogP contribution in [0.25, 0.3) is 0 Å². The Morgan fingerprint density at radius 3 is 2.67 bits per heavy atom. The van der Waals surface area contributed by atoms with Crippen LogP contribution in [0.15, 0.2) is 12.1 Å². The molecule has 0 aromatic heterocycles. The molecule has 1 aliphatic rings. The SMILES string of the molecule is C[C@H](NCc1cc(Cl)cc(Cl)c1O)C1CCCC1. The molecule has 0 spiro atoms. The van der Waals surface area contributed by atoms with Crippen molar-refractivity contribution in [2.24, 2.45) is 5.92 Å².